The molecular weight excluding hydrogens is 613 g/mol. The van der Waals surface area contributed by atoms with Crippen LogP contribution in [0.1, 0.15) is 30.5 Å². The van der Waals surface area contributed by atoms with E-state index in [4.69, 9.17) is 10.5 Å². The smallest absolute Gasteiger partial charge is 0.438 e. The van der Waals surface area contributed by atoms with Crippen LogP contribution in [0.4, 0.5) is 39.5 Å². The molecule has 0 aliphatic carbocycles. The number of ether oxygens (including phenoxy) is 1. The van der Waals surface area contributed by atoms with E-state index in [-0.39, 0.29) is 40.7 Å². The number of nitrogens with two attached hydrogens (primary N) is 1. The van der Waals surface area contributed by atoms with Crippen molar-refractivity contribution in [2.75, 3.05) is 6.54 Å². The molecule has 228 valence electrons. The predicted octanol–water partition coefficient (Wildman–Crippen LogP) is 4.13. The van der Waals surface area contributed by atoms with Gasteiger partial charge in [-0.05, 0) is 44.2 Å². The molecule has 18 heteroatoms. The molecule has 0 fully saturated rings. The van der Waals surface area contributed by atoms with Crippen molar-refractivity contribution in [1.82, 2.24) is 10.3 Å². The summed E-state index contributed by atoms with van der Waals surface area (Å²) in [4.78, 5) is 4.17. The lowest BCUT2D eigenvalue weighted by Gasteiger charge is -2.35. The second-order valence-electron chi connectivity index (χ2n) is 9.77. The highest BCUT2D eigenvalue weighted by Crippen LogP contribution is 2.55. The molecule has 4 rings (SSSR count). The molecule has 1 aromatic heterocycles. The van der Waals surface area contributed by atoms with Gasteiger partial charge in [-0.25, -0.2) is 4.98 Å². The predicted molar refractivity (Wildman–Crippen MR) is 125 cm³/mol. The van der Waals surface area contributed by atoms with Crippen LogP contribution in [0.2, 0.25) is 0 Å². The van der Waals surface area contributed by atoms with Gasteiger partial charge in [0.1, 0.15) is 17.1 Å². The van der Waals surface area contributed by atoms with Crippen molar-refractivity contribution in [3.05, 3.63) is 59.0 Å². The number of nitrogens with zero attached hydrogens (tertiary/aromatic N) is 1. The molecule has 8 nitrogen and oxygen atoms in total. The van der Waals surface area contributed by atoms with Crippen molar-refractivity contribution in [2.24, 2.45) is 5.73 Å². The molecule has 0 amide bonds. The summed E-state index contributed by atoms with van der Waals surface area (Å²) in [7, 11) is -7.19. The van der Waals surface area contributed by atoms with Crippen LogP contribution < -0.4 is 20.0 Å². The van der Waals surface area contributed by atoms with Gasteiger partial charge in [0.25, 0.3) is 0 Å². The number of pyridine rings is 1. The summed E-state index contributed by atoms with van der Waals surface area (Å²) in [6.07, 6.45) is -4.54. The maximum Gasteiger partial charge on any atom is 0.460 e. The first kappa shape index (κ1) is 31.1. The number of nitrogens with one attached hydrogen (secondary N) is 1. The van der Waals surface area contributed by atoms with E-state index in [1.807, 2.05) is 0 Å². The average Bonchev–Trinajstić information content (AvgIpc) is 3.24. The zero-order valence-corrected chi connectivity index (χ0v) is 21.9. The summed E-state index contributed by atoms with van der Waals surface area (Å²) >= 11 is 0. The lowest BCUT2D eigenvalue weighted by Crippen LogP contribution is -2.63. The highest BCUT2D eigenvalue weighted by molar-refractivity contribution is 7.88. The first-order valence-electron chi connectivity index (χ1n) is 11.4. The number of benzene rings is 1. The second kappa shape index (κ2) is 9.33. The molecule has 0 radical (unpaired) electrons. The Morgan fingerprint density at radius 3 is 2.24 bits per heavy atom. The van der Waals surface area contributed by atoms with Gasteiger partial charge in [-0.3, -0.25) is 0 Å². The van der Waals surface area contributed by atoms with Crippen LogP contribution in [-0.2, 0) is 15.5 Å². The van der Waals surface area contributed by atoms with E-state index in [2.05, 4.69) is 26.3 Å². The largest absolute Gasteiger partial charge is 0.460 e. The molecule has 0 bridgehead atoms. The van der Waals surface area contributed by atoms with Gasteiger partial charge in [-0.1, -0.05) is 11.8 Å². The number of alkyl halides is 9. The fourth-order valence-corrected chi connectivity index (χ4v) is 4.95. The summed E-state index contributed by atoms with van der Waals surface area (Å²) in [6, 6.07) is 3.73. The lowest BCUT2D eigenvalue weighted by molar-refractivity contribution is -0.382. The fraction of sp³-hybridized carbons (Fsp3) is 0.375. The molecule has 2 aromatic rings. The molecule has 0 saturated heterocycles. The monoisotopic (exact) mass is 631 g/mol. The molecular formula is C24H18F9N3O5S. The summed E-state index contributed by atoms with van der Waals surface area (Å²) < 4.78 is 154. The Bertz CT molecular complexity index is 1640. The third-order valence-electron chi connectivity index (χ3n) is 6.09. The number of halogens is 9. The van der Waals surface area contributed by atoms with Crippen LogP contribution >= 0.6 is 0 Å². The number of rotatable bonds is 5. The average molecular weight is 631 g/mol. The lowest BCUT2D eigenvalue weighted by atomic mass is 9.73. The SMILES string of the molecule is CC(C)(O)C#Cc1cnc2c(c1)[C@]1(C=C(N)NC1)c1cc(OS(=O)(=O)C(F)(F)C(F)(F)C(F)(F)C(F)(F)F)ccc1O2. The van der Waals surface area contributed by atoms with Gasteiger partial charge in [0.15, 0.2) is 0 Å². The molecule has 3 heterocycles. The minimum absolute atomic E-state index is 0.00842. The van der Waals surface area contributed by atoms with Crippen LogP contribution in [0, 0.1) is 11.8 Å². The van der Waals surface area contributed by atoms with Crippen molar-refractivity contribution >= 4 is 10.1 Å². The number of fused-ring (bicyclic) bond motifs is 4. The van der Waals surface area contributed by atoms with Crippen molar-refractivity contribution in [2.45, 2.75) is 48.1 Å². The van der Waals surface area contributed by atoms with Crippen molar-refractivity contribution in [1.29, 1.82) is 0 Å². The second-order valence-corrected chi connectivity index (χ2v) is 11.4. The molecule has 2 aliphatic heterocycles. The molecule has 1 spiro atoms. The first-order valence-corrected chi connectivity index (χ1v) is 12.8. The number of aromatic nitrogens is 1. The zero-order chi connectivity index (χ0) is 31.7. The van der Waals surface area contributed by atoms with Crippen molar-refractivity contribution in [3.8, 4) is 29.2 Å². The normalized spacial score (nSPS) is 19.1. The minimum atomic E-state index is -7.46. The number of aliphatic hydroxyl groups is 1. The Balaban J connectivity index is 1.79. The quantitative estimate of drug-likeness (QED) is 0.256. The standard InChI is InChI=1S/C24H18F9N3O5S/c1-19(2,37)6-5-12-7-15-18(35-10-12)40-16-4-3-13(8-14(16)20(15)9-17(34)36-11-20)41-42(38,39)24(32,33)22(27,28)21(25,26)23(29,30)31/h3-4,7-10,36-37H,11,34H2,1-2H3/t20-/m0/s1. The van der Waals surface area contributed by atoms with E-state index in [0.717, 1.165) is 12.1 Å². The Kier molecular flexibility index (Phi) is 6.90. The Labute approximate surface area is 231 Å². The van der Waals surface area contributed by atoms with Crippen LogP contribution in [0.25, 0.3) is 0 Å². The van der Waals surface area contributed by atoms with Gasteiger partial charge in [0, 0.05) is 29.4 Å². The van der Waals surface area contributed by atoms with E-state index in [0.29, 0.717) is 6.07 Å². The van der Waals surface area contributed by atoms with E-state index < -0.39 is 50.2 Å². The maximum absolute atomic E-state index is 14.2. The van der Waals surface area contributed by atoms with E-state index >= 15 is 0 Å². The van der Waals surface area contributed by atoms with Crippen molar-refractivity contribution < 1.29 is 62.0 Å². The molecule has 0 saturated carbocycles. The van der Waals surface area contributed by atoms with E-state index in [1.54, 1.807) is 0 Å². The van der Waals surface area contributed by atoms with E-state index in [1.165, 1.54) is 32.2 Å². The third kappa shape index (κ3) is 4.83. The van der Waals surface area contributed by atoms with Crippen LogP contribution in [0.3, 0.4) is 0 Å². The van der Waals surface area contributed by atoms with Crippen molar-refractivity contribution in [3.63, 3.8) is 0 Å². The first-order chi connectivity index (χ1) is 19.0. The molecule has 2 aliphatic rings. The van der Waals surface area contributed by atoms with Gasteiger partial charge in [0.2, 0.25) is 5.88 Å². The van der Waals surface area contributed by atoms with Gasteiger partial charge < -0.3 is 25.1 Å². The molecule has 1 aromatic carbocycles. The molecule has 1 atom stereocenters. The summed E-state index contributed by atoms with van der Waals surface area (Å²) in [5, 5.41) is 5.63. The highest BCUT2D eigenvalue weighted by Gasteiger charge is 2.86. The maximum atomic E-state index is 14.2. The van der Waals surface area contributed by atoms with E-state index in [9.17, 15) is 53.0 Å². The summed E-state index contributed by atoms with van der Waals surface area (Å²) in [5.74, 6) is -10.8. The van der Waals surface area contributed by atoms with Gasteiger partial charge >= 0.3 is 33.4 Å². The molecule has 0 unspecified atom stereocenters. The van der Waals surface area contributed by atoms with Gasteiger partial charge in [-0.15, -0.1) is 0 Å². The third-order valence-corrected chi connectivity index (χ3v) is 7.39. The summed E-state index contributed by atoms with van der Waals surface area (Å²) in [6.45, 7) is 2.74. The van der Waals surface area contributed by atoms with Gasteiger partial charge in [0.05, 0.1) is 11.2 Å². The van der Waals surface area contributed by atoms with Crippen LogP contribution in [0.5, 0.6) is 17.4 Å². The van der Waals surface area contributed by atoms with Gasteiger partial charge in [-0.2, -0.15) is 47.9 Å². The number of hydrogen-bond donors (Lipinski definition) is 3. The minimum Gasteiger partial charge on any atom is -0.438 e. The molecule has 4 N–H and O–H groups in total. The molecule has 42 heavy (non-hydrogen) atoms. The Morgan fingerprint density at radius 2 is 1.69 bits per heavy atom. The zero-order valence-electron chi connectivity index (χ0n) is 21.1. The Morgan fingerprint density at radius 1 is 1.05 bits per heavy atom. The fourth-order valence-electron chi connectivity index (χ4n) is 4.05. The summed E-state index contributed by atoms with van der Waals surface area (Å²) in [5.41, 5.74) is 3.49. The highest BCUT2D eigenvalue weighted by atomic mass is 32.2. The van der Waals surface area contributed by atoms with Crippen LogP contribution in [0.15, 0.2) is 42.4 Å². The van der Waals surface area contributed by atoms with Crippen LogP contribution in [-0.4, -0.2) is 53.9 Å². The number of hydrogen-bond acceptors (Lipinski definition) is 8. The topological polar surface area (TPSA) is 124 Å². The Hall–Kier alpha value is -3.85.